The Morgan fingerprint density at radius 1 is 1.30 bits per heavy atom. The molecule has 1 saturated carbocycles. The van der Waals surface area contributed by atoms with Crippen molar-refractivity contribution in [1.29, 1.82) is 0 Å². The van der Waals surface area contributed by atoms with Gasteiger partial charge in [0.2, 0.25) is 0 Å². The molecule has 0 spiro atoms. The molecule has 1 aliphatic rings. The van der Waals surface area contributed by atoms with Gasteiger partial charge in [-0.05, 0) is 32.8 Å². The van der Waals surface area contributed by atoms with Crippen molar-refractivity contribution < 1.29 is 31.3 Å². The lowest BCUT2D eigenvalue weighted by Gasteiger charge is -2.19. The van der Waals surface area contributed by atoms with Gasteiger partial charge in [0, 0.05) is 31.3 Å². The van der Waals surface area contributed by atoms with Crippen molar-refractivity contribution in [2.75, 3.05) is 6.54 Å². The smallest absolute Gasteiger partial charge is 0.355 e. The molecule has 3 aromatic rings. The molecule has 4 rings (SSSR count). The fraction of sp³-hybridized carbons (Fsp3) is 0.450. The zero-order valence-electron chi connectivity index (χ0n) is 17.6. The molecule has 6 nitrogen and oxygen atoms in total. The highest BCUT2D eigenvalue weighted by Crippen LogP contribution is 2.46. The van der Waals surface area contributed by atoms with Crippen molar-refractivity contribution in [1.82, 2.24) is 19.8 Å². The number of thiophene rings is 1. The Kier molecular flexibility index (Phi) is 5.80. The van der Waals surface area contributed by atoms with Crippen molar-refractivity contribution in [3.63, 3.8) is 0 Å². The molecule has 3 heterocycles. The van der Waals surface area contributed by atoms with Crippen LogP contribution in [-0.4, -0.2) is 44.5 Å². The Morgan fingerprint density at radius 3 is 2.55 bits per heavy atom. The van der Waals surface area contributed by atoms with Crippen LogP contribution in [0.1, 0.15) is 41.4 Å². The third kappa shape index (κ3) is 4.03. The van der Waals surface area contributed by atoms with Gasteiger partial charge in [-0.3, -0.25) is 9.48 Å². The van der Waals surface area contributed by atoms with Crippen molar-refractivity contribution in [3.05, 3.63) is 33.3 Å². The van der Waals surface area contributed by atoms with Gasteiger partial charge in [0.05, 0.1) is 16.1 Å². The van der Waals surface area contributed by atoms with Crippen LogP contribution in [0.15, 0.2) is 16.7 Å². The van der Waals surface area contributed by atoms with Gasteiger partial charge in [-0.2, -0.15) is 27.1 Å². The lowest BCUT2D eigenvalue weighted by Crippen LogP contribution is -2.34. The second-order valence-corrected chi connectivity index (χ2v) is 9.37. The van der Waals surface area contributed by atoms with Crippen LogP contribution in [-0.2, 0) is 13.0 Å². The monoisotopic (exact) mass is 508 g/mol. The first-order valence-electron chi connectivity index (χ1n) is 9.93. The second kappa shape index (κ2) is 8.08. The fourth-order valence-corrected chi connectivity index (χ4v) is 4.88. The highest BCUT2D eigenvalue weighted by atomic mass is 35.5. The number of amides is 1. The van der Waals surface area contributed by atoms with Crippen molar-refractivity contribution in [3.8, 4) is 22.0 Å². The normalized spacial score (nSPS) is 14.7. The number of aryl methyl sites for hydroxylation is 1. The van der Waals surface area contributed by atoms with E-state index < -0.39 is 17.8 Å². The molecule has 0 bridgehead atoms. The molecule has 0 unspecified atom stereocenters. The van der Waals surface area contributed by atoms with E-state index in [0.29, 0.717) is 17.0 Å². The van der Waals surface area contributed by atoms with Crippen LogP contribution >= 0.6 is 22.9 Å². The number of aromatic nitrogens is 3. The molecular formula is C20H18ClF5N4O2S. The summed E-state index contributed by atoms with van der Waals surface area (Å²) in [7, 11) is 1.24. The van der Waals surface area contributed by atoms with Gasteiger partial charge in [0.1, 0.15) is 15.7 Å². The quantitative estimate of drug-likeness (QED) is 0.381. The average molecular weight is 509 g/mol. The molecule has 1 fully saturated rings. The maximum atomic E-state index is 13.9. The van der Waals surface area contributed by atoms with Gasteiger partial charge in [-0.15, -0.1) is 11.3 Å². The van der Waals surface area contributed by atoms with Gasteiger partial charge in [-0.25, -0.2) is 0 Å². The van der Waals surface area contributed by atoms with Crippen molar-refractivity contribution in [2.24, 2.45) is 7.05 Å². The van der Waals surface area contributed by atoms with Crippen LogP contribution in [0.4, 0.5) is 22.0 Å². The largest absolute Gasteiger partial charge is 0.459 e. The Labute approximate surface area is 193 Å². The van der Waals surface area contributed by atoms with Gasteiger partial charge < -0.3 is 9.42 Å². The molecule has 0 aliphatic heterocycles. The minimum absolute atomic E-state index is 0.0206. The molecule has 1 amide bonds. The summed E-state index contributed by atoms with van der Waals surface area (Å²) < 4.78 is 72.7. The maximum Gasteiger partial charge on any atom is 0.459 e. The summed E-state index contributed by atoms with van der Waals surface area (Å²) in [6.45, 7) is 3.54. The third-order valence-electron chi connectivity index (χ3n) is 5.44. The molecule has 0 radical (unpaired) electrons. The molecule has 13 heteroatoms. The van der Waals surface area contributed by atoms with Gasteiger partial charge in [0.15, 0.2) is 5.76 Å². The molecular weight excluding hydrogens is 491 g/mol. The van der Waals surface area contributed by atoms with Crippen LogP contribution in [0, 0.1) is 6.92 Å². The first-order valence-corrected chi connectivity index (χ1v) is 11.1. The number of rotatable bonds is 6. The number of hydrogen-bond acceptors (Lipinski definition) is 5. The van der Waals surface area contributed by atoms with Crippen LogP contribution in [0.25, 0.3) is 22.0 Å². The Balaban J connectivity index is 1.67. The van der Waals surface area contributed by atoms with Gasteiger partial charge in [0.25, 0.3) is 5.91 Å². The predicted octanol–water partition coefficient (Wildman–Crippen LogP) is 6.04. The highest BCUT2D eigenvalue weighted by Gasteiger charge is 2.61. The summed E-state index contributed by atoms with van der Waals surface area (Å²) in [5, 5.41) is 7.22. The number of hydrogen-bond donors (Lipinski definition) is 0. The summed E-state index contributed by atoms with van der Waals surface area (Å²) in [5.41, 5.74) is -1.49. The lowest BCUT2D eigenvalue weighted by molar-refractivity contribution is -0.291. The van der Waals surface area contributed by atoms with Crippen molar-refractivity contribution >= 4 is 28.8 Å². The van der Waals surface area contributed by atoms with Crippen LogP contribution in [0.2, 0.25) is 4.34 Å². The topological polar surface area (TPSA) is 64.2 Å². The number of carbonyl (C=O) groups excluding carboxylic acids is 1. The fourth-order valence-electron chi connectivity index (χ4n) is 3.67. The lowest BCUT2D eigenvalue weighted by atomic mass is 10.1. The Morgan fingerprint density at radius 2 is 1.97 bits per heavy atom. The molecule has 178 valence electrons. The highest BCUT2D eigenvalue weighted by molar-refractivity contribution is 7.19. The first kappa shape index (κ1) is 23.7. The minimum Gasteiger partial charge on any atom is -0.355 e. The summed E-state index contributed by atoms with van der Waals surface area (Å²) in [5.74, 6) is -5.13. The zero-order valence-corrected chi connectivity index (χ0v) is 19.2. The van der Waals surface area contributed by atoms with Crippen LogP contribution in [0.3, 0.4) is 0 Å². The third-order valence-corrected chi connectivity index (χ3v) is 6.81. The summed E-state index contributed by atoms with van der Waals surface area (Å²) in [6.07, 6.45) is -3.90. The molecule has 3 aromatic heterocycles. The summed E-state index contributed by atoms with van der Waals surface area (Å²) in [4.78, 5) is 15.1. The maximum absolute atomic E-state index is 13.9. The summed E-state index contributed by atoms with van der Waals surface area (Å²) in [6, 6.07) is 3.15. The van der Waals surface area contributed by atoms with Gasteiger partial charge in [-0.1, -0.05) is 16.8 Å². The zero-order chi connectivity index (χ0) is 24.3. The number of halogens is 6. The minimum atomic E-state index is -5.79. The van der Waals surface area contributed by atoms with E-state index in [1.807, 2.05) is 6.92 Å². The molecule has 1 aliphatic carbocycles. The standard InChI is InChI=1S/C20H18ClF5N4O2S/c1-4-30(10-5-6-10)18(31)11-7-14(33-17(11)21)13-8-12(28-32-13)15-9(2)16(27-29(15)3)19(22,23)20(24,25)26/h7-8,10H,4-6H2,1-3H3. The number of alkyl halides is 5. The molecule has 33 heavy (non-hydrogen) atoms. The molecule has 0 aromatic carbocycles. The van der Waals surface area contributed by atoms with E-state index in [1.54, 1.807) is 11.0 Å². The van der Waals surface area contributed by atoms with E-state index in [2.05, 4.69) is 10.3 Å². The van der Waals surface area contributed by atoms with Crippen LogP contribution < -0.4 is 0 Å². The van der Waals surface area contributed by atoms with Gasteiger partial charge >= 0.3 is 12.1 Å². The van der Waals surface area contributed by atoms with Crippen LogP contribution in [0.5, 0.6) is 0 Å². The second-order valence-electron chi connectivity index (χ2n) is 7.71. The Hall–Kier alpha value is -2.47. The number of nitrogens with zero attached hydrogens (tertiary/aromatic N) is 4. The SMILES string of the molecule is CCN(C(=O)c1cc(-c2cc(-c3c(C)c(C(F)(F)C(F)(F)F)nn3C)no2)sc1Cl)C1CC1. The first-order chi connectivity index (χ1) is 15.4. The van der Waals surface area contributed by atoms with Crippen molar-refractivity contribution in [2.45, 2.75) is 44.8 Å². The van der Waals surface area contributed by atoms with E-state index in [4.69, 9.17) is 16.1 Å². The predicted molar refractivity (Wildman–Crippen MR) is 111 cm³/mol. The molecule has 0 atom stereocenters. The van der Waals surface area contributed by atoms with E-state index in [9.17, 15) is 26.7 Å². The van der Waals surface area contributed by atoms with E-state index in [0.717, 1.165) is 35.8 Å². The molecule has 0 saturated heterocycles. The molecule has 0 N–H and O–H groups in total. The average Bonchev–Trinajstić information content (AvgIpc) is 3.16. The Bertz CT molecular complexity index is 1210. The van der Waals surface area contributed by atoms with E-state index in [1.165, 1.54) is 13.1 Å². The van der Waals surface area contributed by atoms with E-state index in [-0.39, 0.29) is 39.0 Å². The van der Waals surface area contributed by atoms with E-state index >= 15 is 0 Å². The summed E-state index contributed by atoms with van der Waals surface area (Å²) >= 11 is 7.37. The number of carbonyl (C=O) groups is 1.